The van der Waals surface area contributed by atoms with E-state index in [1.807, 2.05) is 49.9 Å². The normalized spacial score (nSPS) is 28.6. The molecule has 1 aliphatic rings. The lowest BCUT2D eigenvalue weighted by Crippen LogP contribution is -2.40. The van der Waals surface area contributed by atoms with Crippen molar-refractivity contribution in [2.24, 2.45) is 11.8 Å². The number of nitrogens with two attached hydrogens (primary N) is 1. The lowest BCUT2D eigenvalue weighted by Gasteiger charge is -2.27. The molecule has 0 spiro atoms. The van der Waals surface area contributed by atoms with E-state index < -0.39 is 0 Å². The molecule has 1 aromatic carbocycles. The minimum Gasteiger partial charge on any atom is -0.399 e. The van der Waals surface area contributed by atoms with Gasteiger partial charge < -0.3 is 15.4 Å². The molecule has 0 saturated carbocycles. The average Bonchev–Trinajstić information content (AvgIpc) is 2.71. The summed E-state index contributed by atoms with van der Waals surface area (Å²) < 4.78 is 5.80. The van der Waals surface area contributed by atoms with Gasteiger partial charge in [-0.05, 0) is 44.4 Å². The Morgan fingerprint density at radius 1 is 1.19 bits per heavy atom. The molecule has 4 unspecified atom stereocenters. The Bertz CT molecular complexity index is 486. The van der Waals surface area contributed by atoms with Gasteiger partial charge in [0.2, 0.25) is 5.91 Å². The van der Waals surface area contributed by atoms with Crippen LogP contribution in [0.1, 0.15) is 33.3 Å². The number of benzene rings is 1. The van der Waals surface area contributed by atoms with Crippen LogP contribution in [0.25, 0.3) is 0 Å². The molecule has 1 heterocycles. The van der Waals surface area contributed by atoms with Gasteiger partial charge in [-0.1, -0.05) is 19.1 Å². The number of amides is 1. The molecule has 1 aromatic rings. The Morgan fingerprint density at radius 2 is 1.81 bits per heavy atom. The smallest absolute Gasteiger partial charge is 0.228 e. The maximum Gasteiger partial charge on any atom is 0.228 e. The minimum atomic E-state index is -0.0475. The topological polar surface area (TPSA) is 55.6 Å². The van der Waals surface area contributed by atoms with Crippen molar-refractivity contribution in [3.05, 3.63) is 29.8 Å². The Morgan fingerprint density at radius 3 is 2.29 bits per heavy atom. The van der Waals surface area contributed by atoms with Gasteiger partial charge in [0.05, 0.1) is 18.1 Å². The number of ether oxygens (including phenoxy) is 1. The molecule has 0 aliphatic carbocycles. The van der Waals surface area contributed by atoms with Crippen LogP contribution in [-0.4, -0.2) is 29.6 Å². The van der Waals surface area contributed by atoms with Crippen LogP contribution < -0.4 is 5.73 Å². The molecule has 4 atom stereocenters. The first-order chi connectivity index (χ1) is 9.93. The van der Waals surface area contributed by atoms with Gasteiger partial charge in [-0.25, -0.2) is 0 Å². The summed E-state index contributed by atoms with van der Waals surface area (Å²) in [4.78, 5) is 14.7. The summed E-state index contributed by atoms with van der Waals surface area (Å²) in [7, 11) is 0. The van der Waals surface area contributed by atoms with E-state index in [2.05, 4.69) is 6.92 Å². The molecule has 21 heavy (non-hydrogen) atoms. The second-order valence-corrected chi connectivity index (χ2v) is 6.03. The number of hydrogen-bond acceptors (Lipinski definition) is 3. The van der Waals surface area contributed by atoms with Crippen LogP contribution in [-0.2, 0) is 16.1 Å². The van der Waals surface area contributed by atoms with E-state index in [1.54, 1.807) is 0 Å². The summed E-state index contributed by atoms with van der Waals surface area (Å²) in [6, 6.07) is 7.71. The van der Waals surface area contributed by atoms with E-state index in [4.69, 9.17) is 10.5 Å². The summed E-state index contributed by atoms with van der Waals surface area (Å²) in [5.41, 5.74) is 7.55. The van der Waals surface area contributed by atoms with Gasteiger partial charge in [-0.3, -0.25) is 4.79 Å². The molecule has 4 heteroatoms. The van der Waals surface area contributed by atoms with Gasteiger partial charge in [0.25, 0.3) is 0 Å². The summed E-state index contributed by atoms with van der Waals surface area (Å²) in [6.07, 6.45) is 0.132. The zero-order valence-corrected chi connectivity index (χ0v) is 13.4. The van der Waals surface area contributed by atoms with Crippen molar-refractivity contribution in [1.29, 1.82) is 0 Å². The fourth-order valence-electron chi connectivity index (χ4n) is 3.09. The number of carbonyl (C=O) groups excluding carboxylic acids is 1. The zero-order valence-electron chi connectivity index (χ0n) is 13.4. The lowest BCUT2D eigenvalue weighted by molar-refractivity contribution is -0.138. The third-order valence-corrected chi connectivity index (χ3v) is 4.57. The van der Waals surface area contributed by atoms with Crippen LogP contribution in [0, 0.1) is 11.8 Å². The molecule has 2 N–H and O–H groups in total. The van der Waals surface area contributed by atoms with Crippen molar-refractivity contribution in [3.63, 3.8) is 0 Å². The Labute approximate surface area is 127 Å². The van der Waals surface area contributed by atoms with Gasteiger partial charge in [-0.2, -0.15) is 0 Å². The highest BCUT2D eigenvalue weighted by Crippen LogP contribution is 2.33. The van der Waals surface area contributed by atoms with Crippen LogP contribution in [0.5, 0.6) is 0 Å². The predicted molar refractivity (Wildman–Crippen MR) is 84.6 cm³/mol. The molecule has 1 amide bonds. The first-order valence-corrected chi connectivity index (χ1v) is 7.72. The molecule has 1 aliphatic heterocycles. The van der Waals surface area contributed by atoms with Crippen LogP contribution in [0.3, 0.4) is 0 Å². The molecule has 0 radical (unpaired) electrons. The SMILES string of the molecule is CCN(Cc1ccc(N)cc1)C(=O)C1C(C)OC(C)C1C. The Balaban J connectivity index is 2.10. The van der Waals surface area contributed by atoms with E-state index in [1.165, 1.54) is 0 Å². The van der Waals surface area contributed by atoms with E-state index in [-0.39, 0.29) is 30.0 Å². The van der Waals surface area contributed by atoms with Crippen molar-refractivity contribution in [1.82, 2.24) is 4.90 Å². The van der Waals surface area contributed by atoms with Gasteiger partial charge in [0.1, 0.15) is 0 Å². The number of anilines is 1. The van der Waals surface area contributed by atoms with E-state index in [9.17, 15) is 4.79 Å². The molecule has 1 fully saturated rings. The summed E-state index contributed by atoms with van der Waals surface area (Å²) in [6.45, 7) is 9.50. The summed E-state index contributed by atoms with van der Waals surface area (Å²) >= 11 is 0. The third kappa shape index (κ3) is 3.38. The molecule has 2 rings (SSSR count). The van der Waals surface area contributed by atoms with E-state index in [0.717, 1.165) is 11.3 Å². The van der Waals surface area contributed by atoms with Gasteiger partial charge >= 0.3 is 0 Å². The van der Waals surface area contributed by atoms with Crippen molar-refractivity contribution < 1.29 is 9.53 Å². The average molecular weight is 290 g/mol. The second-order valence-electron chi connectivity index (χ2n) is 6.03. The largest absolute Gasteiger partial charge is 0.399 e. The molecular formula is C17H26N2O2. The number of nitrogen functional groups attached to an aromatic ring is 1. The first-order valence-electron chi connectivity index (χ1n) is 7.72. The molecule has 4 nitrogen and oxygen atoms in total. The number of nitrogens with zero attached hydrogens (tertiary/aromatic N) is 1. The quantitative estimate of drug-likeness (QED) is 0.867. The third-order valence-electron chi connectivity index (χ3n) is 4.57. The lowest BCUT2D eigenvalue weighted by atomic mass is 9.88. The monoisotopic (exact) mass is 290 g/mol. The summed E-state index contributed by atoms with van der Waals surface area (Å²) in [5, 5.41) is 0. The van der Waals surface area contributed by atoms with Crippen molar-refractivity contribution in [2.75, 3.05) is 12.3 Å². The number of rotatable bonds is 4. The van der Waals surface area contributed by atoms with Gasteiger partial charge in [0, 0.05) is 18.8 Å². The minimum absolute atomic E-state index is 0.0111. The van der Waals surface area contributed by atoms with Crippen molar-refractivity contribution >= 4 is 11.6 Å². The van der Waals surface area contributed by atoms with Crippen LogP contribution in [0.4, 0.5) is 5.69 Å². The number of carbonyl (C=O) groups is 1. The first kappa shape index (κ1) is 15.8. The molecule has 0 bridgehead atoms. The van der Waals surface area contributed by atoms with Crippen LogP contribution in [0.2, 0.25) is 0 Å². The highest BCUT2D eigenvalue weighted by Gasteiger charge is 2.42. The highest BCUT2D eigenvalue weighted by molar-refractivity contribution is 5.80. The number of hydrogen-bond donors (Lipinski definition) is 1. The molecule has 1 saturated heterocycles. The van der Waals surface area contributed by atoms with E-state index >= 15 is 0 Å². The van der Waals surface area contributed by atoms with E-state index in [0.29, 0.717) is 13.1 Å². The Kier molecular flexibility index (Phi) is 4.88. The fourth-order valence-corrected chi connectivity index (χ4v) is 3.09. The van der Waals surface area contributed by atoms with Crippen molar-refractivity contribution in [2.45, 2.75) is 46.4 Å². The molecule has 0 aromatic heterocycles. The molecular weight excluding hydrogens is 264 g/mol. The van der Waals surface area contributed by atoms with Crippen molar-refractivity contribution in [3.8, 4) is 0 Å². The highest BCUT2D eigenvalue weighted by atomic mass is 16.5. The van der Waals surface area contributed by atoms with Crippen LogP contribution in [0.15, 0.2) is 24.3 Å². The second kappa shape index (κ2) is 6.48. The van der Waals surface area contributed by atoms with Crippen LogP contribution >= 0.6 is 0 Å². The standard InChI is InChI=1S/C17H26N2O2/c1-5-19(10-14-6-8-15(18)9-7-14)17(20)16-11(2)12(3)21-13(16)4/h6-9,11-13,16H,5,10,18H2,1-4H3. The Hall–Kier alpha value is -1.55. The zero-order chi connectivity index (χ0) is 15.6. The fraction of sp³-hybridized carbons (Fsp3) is 0.588. The maximum atomic E-state index is 12.8. The predicted octanol–water partition coefficient (Wildman–Crippen LogP) is 2.68. The molecule has 116 valence electrons. The summed E-state index contributed by atoms with van der Waals surface area (Å²) in [5.74, 6) is 0.403. The van der Waals surface area contributed by atoms with Gasteiger partial charge in [-0.15, -0.1) is 0 Å². The maximum absolute atomic E-state index is 12.8. The van der Waals surface area contributed by atoms with Gasteiger partial charge in [0.15, 0.2) is 0 Å².